The van der Waals surface area contributed by atoms with Crippen molar-refractivity contribution in [1.82, 2.24) is 24.9 Å². The lowest BCUT2D eigenvalue weighted by atomic mass is 9.85. The van der Waals surface area contributed by atoms with Gasteiger partial charge in [0.05, 0.1) is 36.2 Å². The Balaban J connectivity index is 1.47. The Hall–Kier alpha value is -4.89. The van der Waals surface area contributed by atoms with Crippen LogP contribution in [0.2, 0.25) is 0 Å². The summed E-state index contributed by atoms with van der Waals surface area (Å²) >= 11 is 3.46. The number of rotatable bonds is 7. The van der Waals surface area contributed by atoms with Crippen molar-refractivity contribution in [2.75, 3.05) is 17.7 Å². The van der Waals surface area contributed by atoms with E-state index in [2.05, 4.69) is 57.6 Å². The van der Waals surface area contributed by atoms with Gasteiger partial charge in [0.2, 0.25) is 0 Å². The first-order valence-electron chi connectivity index (χ1n) is 12.0. The van der Waals surface area contributed by atoms with Crippen LogP contribution in [-0.2, 0) is 5.41 Å². The Kier molecular flexibility index (Phi) is 7.15. The van der Waals surface area contributed by atoms with E-state index in [4.69, 9.17) is 4.74 Å². The minimum atomic E-state index is -0.914. The van der Waals surface area contributed by atoms with Crippen LogP contribution in [-0.4, -0.2) is 37.9 Å². The van der Waals surface area contributed by atoms with Crippen molar-refractivity contribution in [2.24, 2.45) is 0 Å². The Bertz CT molecular complexity index is 1800. The van der Waals surface area contributed by atoms with Crippen molar-refractivity contribution in [1.29, 1.82) is 5.26 Å². The Labute approximate surface area is 236 Å². The number of pyridine rings is 1. The predicted molar refractivity (Wildman–Crippen MR) is 152 cm³/mol. The van der Waals surface area contributed by atoms with Gasteiger partial charge in [0.15, 0.2) is 5.65 Å². The summed E-state index contributed by atoms with van der Waals surface area (Å²) in [5, 5.41) is 15.4. The third-order valence-electron chi connectivity index (χ3n) is 6.24. The summed E-state index contributed by atoms with van der Waals surface area (Å²) in [6.07, 6.45) is 4.58. The van der Waals surface area contributed by atoms with E-state index >= 15 is 0 Å². The van der Waals surface area contributed by atoms with Gasteiger partial charge in [-0.15, -0.1) is 0 Å². The van der Waals surface area contributed by atoms with Gasteiger partial charge in [-0.1, -0.05) is 0 Å². The molecule has 1 amide bonds. The van der Waals surface area contributed by atoms with E-state index in [9.17, 15) is 14.4 Å². The molecule has 0 aliphatic carbocycles. The highest BCUT2D eigenvalue weighted by Gasteiger charge is 2.27. The molecule has 12 heteroatoms. The first-order chi connectivity index (χ1) is 19.2. The number of amides is 1. The predicted octanol–water partition coefficient (Wildman–Crippen LogP) is 6.12. The van der Waals surface area contributed by atoms with E-state index in [1.165, 1.54) is 44.0 Å². The van der Waals surface area contributed by atoms with Gasteiger partial charge < -0.3 is 20.4 Å². The average molecular weight is 601 g/mol. The van der Waals surface area contributed by atoms with Crippen LogP contribution in [0.5, 0.6) is 5.75 Å². The van der Waals surface area contributed by atoms with Gasteiger partial charge in [-0.05, 0) is 77.8 Å². The zero-order chi connectivity index (χ0) is 28.4. The number of benzene rings is 2. The number of anilines is 3. The molecule has 0 saturated heterocycles. The molecule has 0 unspecified atom stereocenters. The summed E-state index contributed by atoms with van der Waals surface area (Å²) in [5.74, 6) is -0.377. The zero-order valence-corrected chi connectivity index (χ0v) is 23.2. The van der Waals surface area contributed by atoms with Crippen LogP contribution in [0.4, 0.5) is 21.6 Å². The summed E-state index contributed by atoms with van der Waals surface area (Å²) in [5.41, 5.74) is 2.64. The zero-order valence-electron chi connectivity index (χ0n) is 21.6. The van der Waals surface area contributed by atoms with Crippen LogP contribution in [0.3, 0.4) is 0 Å². The van der Waals surface area contributed by atoms with Gasteiger partial charge in [-0.2, -0.15) is 5.26 Å². The van der Waals surface area contributed by atoms with Gasteiger partial charge in [0.25, 0.3) is 5.91 Å². The van der Waals surface area contributed by atoms with Gasteiger partial charge in [-0.3, -0.25) is 4.79 Å². The van der Waals surface area contributed by atoms with E-state index in [-0.39, 0.29) is 11.3 Å². The van der Waals surface area contributed by atoms with Crippen LogP contribution in [0.15, 0.2) is 65.8 Å². The van der Waals surface area contributed by atoms with E-state index in [0.717, 1.165) is 0 Å². The lowest BCUT2D eigenvalue weighted by Crippen LogP contribution is -2.19. The Morgan fingerprint density at radius 1 is 1.15 bits per heavy atom. The first kappa shape index (κ1) is 26.7. The van der Waals surface area contributed by atoms with Crippen molar-refractivity contribution in [3.05, 3.63) is 82.7 Å². The van der Waals surface area contributed by atoms with E-state index < -0.39 is 17.1 Å². The molecule has 5 rings (SSSR count). The van der Waals surface area contributed by atoms with E-state index in [1.807, 2.05) is 6.07 Å². The summed E-state index contributed by atoms with van der Waals surface area (Å²) < 4.78 is 20.6. The maximum Gasteiger partial charge on any atom is 0.257 e. The number of carbonyl (C=O) groups is 1. The number of nitrogens with one attached hydrogen (secondary N) is 3. The van der Waals surface area contributed by atoms with Crippen LogP contribution >= 0.6 is 15.9 Å². The molecule has 0 spiro atoms. The number of carbonyl (C=O) groups excluding carboxylic acids is 1. The standard InChI is InChI=1S/C28H22BrFN8O2/c1-28(2,12-31)19-11-16(40-3)10-18(22(19)29)27(39)38-21-9-15(6-7-20(21)30)37-25-17(5-4-8-32-25)23-24-26(35-13-33-23)36-14-34-24/h4-11,13-14H,1-3H3,(H,32,37)(H,38,39)(H,33,34,35,36). The molecule has 0 radical (unpaired) electrons. The van der Waals surface area contributed by atoms with E-state index in [1.54, 1.807) is 32.2 Å². The van der Waals surface area contributed by atoms with Crippen molar-refractivity contribution in [2.45, 2.75) is 19.3 Å². The van der Waals surface area contributed by atoms with Crippen molar-refractivity contribution >= 4 is 50.2 Å². The largest absolute Gasteiger partial charge is 0.497 e. The van der Waals surface area contributed by atoms with E-state index in [0.29, 0.717) is 49.7 Å². The number of hydrogen-bond acceptors (Lipinski definition) is 8. The fourth-order valence-corrected chi connectivity index (χ4v) is 4.98. The fraction of sp³-hybridized carbons (Fsp3) is 0.143. The Morgan fingerprint density at radius 2 is 1.98 bits per heavy atom. The number of nitriles is 1. The number of fused-ring (bicyclic) bond motifs is 1. The number of methoxy groups -OCH3 is 1. The second-order valence-corrected chi connectivity index (χ2v) is 10.1. The molecule has 5 aromatic rings. The molecule has 0 aliphatic heterocycles. The smallest absolute Gasteiger partial charge is 0.257 e. The van der Waals surface area contributed by atoms with Gasteiger partial charge in [0.1, 0.15) is 34.9 Å². The summed E-state index contributed by atoms with van der Waals surface area (Å²) in [6.45, 7) is 3.46. The average Bonchev–Trinajstić information content (AvgIpc) is 3.44. The molecule has 0 atom stereocenters. The van der Waals surface area contributed by atoms with Crippen molar-refractivity contribution in [3.63, 3.8) is 0 Å². The van der Waals surface area contributed by atoms with Gasteiger partial charge in [-0.25, -0.2) is 24.3 Å². The summed E-state index contributed by atoms with van der Waals surface area (Å²) in [7, 11) is 1.47. The van der Waals surface area contributed by atoms with Crippen LogP contribution < -0.4 is 15.4 Å². The topological polar surface area (TPSA) is 142 Å². The second kappa shape index (κ2) is 10.7. The molecule has 3 N–H and O–H groups in total. The van der Waals surface area contributed by atoms with Crippen molar-refractivity contribution in [3.8, 4) is 23.1 Å². The normalized spacial score (nSPS) is 11.2. The number of imidazole rings is 1. The molecule has 3 heterocycles. The maximum atomic E-state index is 14.9. The molecule has 0 fully saturated rings. The molecule has 2 aromatic carbocycles. The minimum Gasteiger partial charge on any atom is -0.497 e. The molecule has 0 bridgehead atoms. The molecule has 40 heavy (non-hydrogen) atoms. The molecule has 10 nitrogen and oxygen atoms in total. The maximum absolute atomic E-state index is 14.9. The number of hydrogen-bond donors (Lipinski definition) is 3. The van der Waals surface area contributed by atoms with Crippen LogP contribution in [0.25, 0.3) is 22.4 Å². The monoisotopic (exact) mass is 600 g/mol. The number of halogens is 2. The minimum absolute atomic E-state index is 0.0555. The highest BCUT2D eigenvalue weighted by Crippen LogP contribution is 2.37. The Morgan fingerprint density at radius 3 is 2.75 bits per heavy atom. The second-order valence-electron chi connectivity index (χ2n) is 9.27. The number of aromatic nitrogens is 5. The number of aromatic amines is 1. The number of ether oxygens (including phenoxy) is 1. The van der Waals surface area contributed by atoms with Crippen LogP contribution in [0.1, 0.15) is 29.8 Å². The molecular weight excluding hydrogens is 579 g/mol. The molecule has 200 valence electrons. The van der Waals surface area contributed by atoms with Crippen LogP contribution in [0, 0.1) is 17.1 Å². The van der Waals surface area contributed by atoms with Gasteiger partial charge in [0, 0.05) is 21.9 Å². The number of nitrogens with zero attached hydrogens (tertiary/aromatic N) is 5. The molecular formula is C28H22BrFN8O2. The highest BCUT2D eigenvalue weighted by atomic mass is 79.9. The van der Waals surface area contributed by atoms with Gasteiger partial charge >= 0.3 is 0 Å². The third-order valence-corrected chi connectivity index (χ3v) is 7.09. The number of H-pyrrole nitrogens is 1. The lowest BCUT2D eigenvalue weighted by Gasteiger charge is -2.21. The summed E-state index contributed by atoms with van der Waals surface area (Å²) in [4.78, 5) is 33.6. The SMILES string of the molecule is COc1cc(C(=O)Nc2cc(Nc3ncccc3-c3ncnc4[nH]cnc34)ccc2F)c(Br)c(C(C)(C)C#N)c1. The molecule has 0 aliphatic rings. The fourth-order valence-electron chi connectivity index (χ4n) is 4.08. The third kappa shape index (κ3) is 5.06. The first-order valence-corrected chi connectivity index (χ1v) is 12.8. The molecule has 0 saturated carbocycles. The molecule has 3 aromatic heterocycles. The quantitative estimate of drug-likeness (QED) is 0.203. The summed E-state index contributed by atoms with van der Waals surface area (Å²) in [6, 6.07) is 13.3. The van der Waals surface area contributed by atoms with Crippen molar-refractivity contribution < 1.29 is 13.9 Å². The lowest BCUT2D eigenvalue weighted by molar-refractivity contribution is 0.102. The highest BCUT2D eigenvalue weighted by molar-refractivity contribution is 9.10.